The van der Waals surface area contributed by atoms with Gasteiger partial charge in [-0.15, -0.1) is 0 Å². The Bertz CT molecular complexity index is 1900. The summed E-state index contributed by atoms with van der Waals surface area (Å²) in [4.78, 5) is 45.0. The molecule has 4 aromatic rings. The lowest BCUT2D eigenvalue weighted by molar-refractivity contribution is -0.145. The first-order valence-electron chi connectivity index (χ1n) is 13.8. The van der Waals surface area contributed by atoms with Gasteiger partial charge >= 0.3 is 11.9 Å². The second-order valence-corrected chi connectivity index (χ2v) is 10.9. The minimum absolute atomic E-state index is 0.146. The molecule has 0 spiro atoms. The fraction of sp³-hybridized carbons (Fsp3) is 0.212. The number of esters is 2. The van der Waals surface area contributed by atoms with Crippen molar-refractivity contribution in [1.82, 2.24) is 4.57 Å². The van der Waals surface area contributed by atoms with E-state index in [1.807, 2.05) is 42.5 Å². The van der Waals surface area contributed by atoms with Crippen molar-refractivity contribution in [2.45, 2.75) is 19.9 Å². The SMILES string of the molecule is CCOC(=O)COc1ccc(Cl)cc1/C=c1\sc2n(c1=O)[C@H](c1ccc(OC)cc1)C(C(=O)OCC)=C(c1ccccc1)N=2. The molecule has 226 valence electrons. The molecule has 1 atom stereocenters. The largest absolute Gasteiger partial charge is 0.497 e. The van der Waals surface area contributed by atoms with Gasteiger partial charge in [0.1, 0.15) is 11.5 Å². The van der Waals surface area contributed by atoms with Gasteiger partial charge in [-0.2, -0.15) is 0 Å². The van der Waals surface area contributed by atoms with Crippen LogP contribution in [-0.4, -0.2) is 43.4 Å². The summed E-state index contributed by atoms with van der Waals surface area (Å²) < 4.78 is 23.4. The quantitative estimate of drug-likeness (QED) is 0.236. The zero-order valence-electron chi connectivity index (χ0n) is 24.2. The normalized spacial score (nSPS) is 14.5. The third-order valence-electron chi connectivity index (χ3n) is 6.71. The third kappa shape index (κ3) is 6.46. The van der Waals surface area contributed by atoms with E-state index in [0.29, 0.717) is 48.2 Å². The summed E-state index contributed by atoms with van der Waals surface area (Å²) in [6.45, 7) is 3.50. The predicted octanol–water partition coefficient (Wildman–Crippen LogP) is 4.54. The fourth-order valence-electron chi connectivity index (χ4n) is 4.79. The number of ether oxygens (including phenoxy) is 4. The summed E-state index contributed by atoms with van der Waals surface area (Å²) >= 11 is 7.46. The first kappa shape index (κ1) is 30.8. The van der Waals surface area contributed by atoms with E-state index < -0.39 is 18.0 Å². The summed E-state index contributed by atoms with van der Waals surface area (Å²) in [5.41, 5.74) is 2.14. The van der Waals surface area contributed by atoms with Crippen molar-refractivity contribution in [1.29, 1.82) is 0 Å². The number of fused-ring (bicyclic) bond motifs is 1. The van der Waals surface area contributed by atoms with Crippen LogP contribution < -0.4 is 24.4 Å². The molecule has 0 saturated heterocycles. The van der Waals surface area contributed by atoms with Gasteiger partial charge in [-0.3, -0.25) is 9.36 Å². The molecule has 11 heteroatoms. The Labute approximate surface area is 262 Å². The Kier molecular flexibility index (Phi) is 9.62. The Balaban J connectivity index is 1.74. The summed E-state index contributed by atoms with van der Waals surface area (Å²) in [6.07, 6.45) is 1.64. The number of halogens is 1. The number of carbonyl (C=O) groups excluding carboxylic acids is 2. The van der Waals surface area contributed by atoms with Crippen molar-refractivity contribution in [3.63, 3.8) is 0 Å². The first-order valence-corrected chi connectivity index (χ1v) is 15.0. The molecule has 0 unspecified atom stereocenters. The van der Waals surface area contributed by atoms with Gasteiger partial charge in [-0.25, -0.2) is 14.6 Å². The summed E-state index contributed by atoms with van der Waals surface area (Å²) in [6, 6.07) is 20.5. The average Bonchev–Trinajstić information content (AvgIpc) is 3.34. The number of aromatic nitrogens is 1. The molecular weight excluding hydrogens is 604 g/mol. The van der Waals surface area contributed by atoms with Crippen LogP contribution in [0.4, 0.5) is 0 Å². The Hall–Kier alpha value is -4.67. The molecule has 1 aliphatic rings. The van der Waals surface area contributed by atoms with Gasteiger partial charge in [-0.05, 0) is 55.8 Å². The highest BCUT2D eigenvalue weighted by atomic mass is 35.5. The number of thiazole rings is 1. The van der Waals surface area contributed by atoms with Crippen molar-refractivity contribution >= 4 is 46.6 Å². The molecule has 2 heterocycles. The number of hydrogen-bond donors (Lipinski definition) is 0. The second-order valence-electron chi connectivity index (χ2n) is 9.48. The van der Waals surface area contributed by atoms with E-state index in [4.69, 9.17) is 35.5 Å². The van der Waals surface area contributed by atoms with Crippen molar-refractivity contribution in [2.75, 3.05) is 26.9 Å². The van der Waals surface area contributed by atoms with Crippen molar-refractivity contribution in [3.05, 3.63) is 120 Å². The second kappa shape index (κ2) is 13.7. The molecule has 0 fully saturated rings. The van der Waals surface area contributed by atoms with Crippen molar-refractivity contribution in [3.8, 4) is 11.5 Å². The maximum atomic E-state index is 14.2. The van der Waals surface area contributed by atoms with Crippen LogP contribution in [0.1, 0.15) is 36.6 Å². The molecule has 1 aliphatic heterocycles. The predicted molar refractivity (Wildman–Crippen MR) is 168 cm³/mol. The minimum Gasteiger partial charge on any atom is -0.497 e. The molecule has 0 aliphatic carbocycles. The molecule has 9 nitrogen and oxygen atoms in total. The zero-order valence-corrected chi connectivity index (χ0v) is 25.8. The van der Waals surface area contributed by atoms with E-state index in [0.717, 1.165) is 11.3 Å². The molecule has 0 N–H and O–H groups in total. The molecule has 5 rings (SSSR count). The molecule has 3 aromatic carbocycles. The van der Waals surface area contributed by atoms with Gasteiger partial charge in [0.15, 0.2) is 11.4 Å². The maximum absolute atomic E-state index is 14.2. The maximum Gasteiger partial charge on any atom is 0.344 e. The molecular formula is C33H29ClN2O7S. The van der Waals surface area contributed by atoms with Gasteiger partial charge in [0.05, 0.1) is 42.2 Å². The highest BCUT2D eigenvalue weighted by molar-refractivity contribution is 7.07. The van der Waals surface area contributed by atoms with Crippen LogP contribution in [0.2, 0.25) is 5.02 Å². The molecule has 1 aromatic heterocycles. The van der Waals surface area contributed by atoms with E-state index in [-0.39, 0.29) is 31.0 Å². The average molecular weight is 633 g/mol. The number of rotatable bonds is 10. The first-order chi connectivity index (χ1) is 21.3. The molecule has 0 saturated carbocycles. The van der Waals surface area contributed by atoms with Crippen molar-refractivity contribution < 1.29 is 28.5 Å². The highest BCUT2D eigenvalue weighted by Crippen LogP contribution is 2.35. The summed E-state index contributed by atoms with van der Waals surface area (Å²) in [5, 5.41) is 0.416. The standard InChI is InChI=1S/C33H29ClN2O7S/c1-4-41-27(37)19-43-25-16-13-23(34)17-22(25)18-26-31(38)36-30(21-11-14-24(40-3)15-12-21)28(32(39)42-5-2)29(35-33(36)44-26)20-9-7-6-8-10-20/h6-18,30H,4-5,19H2,1-3H3/b26-18-/t30-/m1/s1. The lowest BCUT2D eigenvalue weighted by Crippen LogP contribution is -2.40. The monoisotopic (exact) mass is 632 g/mol. The van der Waals surface area contributed by atoms with Crippen LogP contribution in [0.5, 0.6) is 11.5 Å². The number of benzene rings is 3. The van der Waals surface area contributed by atoms with Gasteiger partial charge in [0.25, 0.3) is 5.56 Å². The molecule has 0 radical (unpaired) electrons. The van der Waals surface area contributed by atoms with Crippen LogP contribution in [0, 0.1) is 0 Å². The van der Waals surface area contributed by atoms with E-state index >= 15 is 0 Å². The molecule has 0 amide bonds. The third-order valence-corrected chi connectivity index (χ3v) is 7.93. The van der Waals surface area contributed by atoms with E-state index in [1.165, 1.54) is 4.57 Å². The lowest BCUT2D eigenvalue weighted by atomic mass is 9.93. The smallest absolute Gasteiger partial charge is 0.344 e. The lowest BCUT2D eigenvalue weighted by Gasteiger charge is -2.26. The Morgan fingerprint density at radius 1 is 1.00 bits per heavy atom. The number of nitrogens with zero attached hydrogens (tertiary/aromatic N) is 2. The summed E-state index contributed by atoms with van der Waals surface area (Å²) in [5.74, 6) is -0.124. The van der Waals surface area contributed by atoms with Crippen molar-refractivity contribution in [2.24, 2.45) is 4.99 Å². The number of carbonyl (C=O) groups is 2. The van der Waals surface area contributed by atoms with Crippen LogP contribution >= 0.6 is 22.9 Å². The van der Waals surface area contributed by atoms with Crippen LogP contribution in [-0.2, 0) is 19.1 Å². The van der Waals surface area contributed by atoms with Crippen LogP contribution in [0.25, 0.3) is 11.8 Å². The van der Waals surface area contributed by atoms with Gasteiger partial charge in [-0.1, -0.05) is 65.4 Å². The Morgan fingerprint density at radius 3 is 2.41 bits per heavy atom. The number of methoxy groups -OCH3 is 1. The van der Waals surface area contributed by atoms with E-state index in [1.54, 1.807) is 57.4 Å². The minimum atomic E-state index is -0.840. The van der Waals surface area contributed by atoms with E-state index in [2.05, 4.69) is 0 Å². The van der Waals surface area contributed by atoms with E-state index in [9.17, 15) is 14.4 Å². The highest BCUT2D eigenvalue weighted by Gasteiger charge is 2.35. The molecule has 44 heavy (non-hydrogen) atoms. The van der Waals surface area contributed by atoms with Crippen LogP contribution in [0.15, 0.2) is 88.2 Å². The number of hydrogen-bond acceptors (Lipinski definition) is 9. The van der Waals surface area contributed by atoms with Gasteiger partial charge in [0.2, 0.25) is 0 Å². The van der Waals surface area contributed by atoms with Gasteiger partial charge < -0.3 is 18.9 Å². The molecule has 0 bridgehead atoms. The zero-order chi connectivity index (χ0) is 31.2. The fourth-order valence-corrected chi connectivity index (χ4v) is 5.96. The summed E-state index contributed by atoms with van der Waals surface area (Å²) in [7, 11) is 1.57. The van der Waals surface area contributed by atoms with Gasteiger partial charge in [0, 0.05) is 16.1 Å². The van der Waals surface area contributed by atoms with Crippen LogP contribution in [0.3, 0.4) is 0 Å². The Morgan fingerprint density at radius 2 is 1.73 bits per heavy atom. The topological polar surface area (TPSA) is 105 Å².